The molecule has 21 heavy (non-hydrogen) atoms. The normalized spacial score (nSPS) is 9.90. The van der Waals surface area contributed by atoms with E-state index in [1.165, 1.54) is 12.1 Å². The second-order valence-corrected chi connectivity index (χ2v) is 4.19. The van der Waals surface area contributed by atoms with Gasteiger partial charge in [0, 0.05) is 17.4 Å². The van der Waals surface area contributed by atoms with Crippen LogP contribution in [0.2, 0.25) is 0 Å². The molecular formula is C14H13N3O4. The molecule has 2 aromatic rings. The Morgan fingerprint density at radius 3 is 2.33 bits per heavy atom. The number of anilines is 1. The van der Waals surface area contributed by atoms with Gasteiger partial charge in [0.25, 0.3) is 11.8 Å². The molecule has 4 N–H and O–H groups in total. The molecule has 2 amide bonds. The number of carboxylic acids is 1. The molecule has 0 radical (unpaired) electrons. The van der Waals surface area contributed by atoms with Crippen LogP contribution in [0.1, 0.15) is 20.8 Å². The second-order valence-electron chi connectivity index (χ2n) is 4.19. The van der Waals surface area contributed by atoms with E-state index in [2.05, 4.69) is 15.6 Å². The van der Waals surface area contributed by atoms with Crippen LogP contribution in [0.3, 0.4) is 0 Å². The number of aromatic amines is 1. The van der Waals surface area contributed by atoms with E-state index < -0.39 is 18.4 Å². The van der Waals surface area contributed by atoms with Crippen molar-refractivity contribution in [2.24, 2.45) is 0 Å². The molecule has 0 unspecified atom stereocenters. The smallest absolute Gasteiger partial charge is 0.322 e. The lowest BCUT2D eigenvalue weighted by Crippen LogP contribution is -2.29. The molecule has 1 aromatic heterocycles. The SMILES string of the molecule is O=C(O)CNC(=O)c1ccc(NC(=O)c2ccc[nH]2)cc1. The number of carbonyl (C=O) groups is 3. The molecule has 1 aromatic carbocycles. The Morgan fingerprint density at radius 2 is 1.76 bits per heavy atom. The maximum Gasteiger partial charge on any atom is 0.322 e. The standard InChI is InChI=1S/C14H13N3O4/c18-12(19)8-16-13(20)9-3-5-10(6-4-9)17-14(21)11-2-1-7-15-11/h1-7,15H,8H2,(H,16,20)(H,17,21)(H,18,19). The summed E-state index contributed by atoms with van der Waals surface area (Å²) in [5.74, 6) is -1.89. The molecular weight excluding hydrogens is 274 g/mol. The molecule has 0 saturated heterocycles. The maximum absolute atomic E-state index is 11.8. The van der Waals surface area contributed by atoms with Gasteiger partial charge in [0.05, 0.1) is 0 Å². The van der Waals surface area contributed by atoms with E-state index in [9.17, 15) is 14.4 Å². The zero-order valence-electron chi connectivity index (χ0n) is 10.9. The van der Waals surface area contributed by atoms with Crippen molar-refractivity contribution in [1.82, 2.24) is 10.3 Å². The van der Waals surface area contributed by atoms with E-state index in [-0.39, 0.29) is 5.91 Å². The number of rotatable bonds is 5. The van der Waals surface area contributed by atoms with Crippen LogP contribution in [0.4, 0.5) is 5.69 Å². The Morgan fingerprint density at radius 1 is 1.05 bits per heavy atom. The summed E-state index contributed by atoms with van der Waals surface area (Å²) >= 11 is 0. The van der Waals surface area contributed by atoms with Crippen LogP contribution in [0.5, 0.6) is 0 Å². The van der Waals surface area contributed by atoms with Crippen molar-refractivity contribution in [3.63, 3.8) is 0 Å². The van der Waals surface area contributed by atoms with Crippen molar-refractivity contribution < 1.29 is 19.5 Å². The topological polar surface area (TPSA) is 111 Å². The fraction of sp³-hybridized carbons (Fsp3) is 0.0714. The van der Waals surface area contributed by atoms with E-state index >= 15 is 0 Å². The van der Waals surface area contributed by atoms with Crippen LogP contribution in [-0.4, -0.2) is 34.4 Å². The van der Waals surface area contributed by atoms with Gasteiger partial charge < -0.3 is 20.7 Å². The van der Waals surface area contributed by atoms with Crippen molar-refractivity contribution in [2.75, 3.05) is 11.9 Å². The molecule has 2 rings (SSSR count). The van der Waals surface area contributed by atoms with Crippen LogP contribution in [0.15, 0.2) is 42.6 Å². The Balaban J connectivity index is 1.97. The summed E-state index contributed by atoms with van der Waals surface area (Å²) in [6.07, 6.45) is 1.64. The number of aliphatic carboxylic acids is 1. The van der Waals surface area contributed by atoms with Gasteiger partial charge in [0.1, 0.15) is 12.2 Å². The fourth-order valence-corrected chi connectivity index (χ4v) is 1.63. The van der Waals surface area contributed by atoms with Crippen LogP contribution in [0.25, 0.3) is 0 Å². The van der Waals surface area contributed by atoms with Crippen LogP contribution in [-0.2, 0) is 4.79 Å². The second kappa shape index (κ2) is 6.38. The highest BCUT2D eigenvalue weighted by atomic mass is 16.4. The third kappa shape index (κ3) is 3.93. The number of benzene rings is 1. The summed E-state index contributed by atoms with van der Waals surface area (Å²) in [6.45, 7) is -0.440. The number of hydrogen-bond acceptors (Lipinski definition) is 3. The highest BCUT2D eigenvalue weighted by Crippen LogP contribution is 2.11. The average molecular weight is 287 g/mol. The van der Waals surface area contributed by atoms with Crippen molar-refractivity contribution in [2.45, 2.75) is 0 Å². The number of aromatic nitrogens is 1. The lowest BCUT2D eigenvalue weighted by molar-refractivity contribution is -0.135. The summed E-state index contributed by atoms with van der Waals surface area (Å²) in [6, 6.07) is 9.49. The first kappa shape index (κ1) is 14.3. The maximum atomic E-state index is 11.8. The number of carboxylic acid groups (broad SMARTS) is 1. The molecule has 1 heterocycles. The van der Waals surface area contributed by atoms with E-state index in [4.69, 9.17) is 5.11 Å². The number of nitrogens with one attached hydrogen (secondary N) is 3. The zero-order chi connectivity index (χ0) is 15.2. The average Bonchev–Trinajstić information content (AvgIpc) is 3.00. The highest BCUT2D eigenvalue weighted by Gasteiger charge is 2.09. The third-order valence-corrected chi connectivity index (χ3v) is 2.65. The van der Waals surface area contributed by atoms with Gasteiger partial charge in [-0.2, -0.15) is 0 Å². The van der Waals surface area contributed by atoms with Crippen LogP contribution >= 0.6 is 0 Å². The lowest BCUT2D eigenvalue weighted by atomic mass is 10.2. The molecule has 0 atom stereocenters. The van der Waals surface area contributed by atoms with E-state index in [0.29, 0.717) is 16.9 Å². The number of hydrogen-bond donors (Lipinski definition) is 4. The minimum atomic E-state index is -1.11. The molecule has 0 aliphatic rings. The Bertz CT molecular complexity index is 647. The molecule has 0 fully saturated rings. The van der Waals surface area contributed by atoms with Gasteiger partial charge in [-0.05, 0) is 36.4 Å². The quantitative estimate of drug-likeness (QED) is 0.659. The van der Waals surface area contributed by atoms with Crippen LogP contribution < -0.4 is 10.6 Å². The van der Waals surface area contributed by atoms with Gasteiger partial charge in [0.2, 0.25) is 0 Å². The minimum Gasteiger partial charge on any atom is -0.480 e. The largest absolute Gasteiger partial charge is 0.480 e. The van der Waals surface area contributed by atoms with Crippen molar-refractivity contribution in [1.29, 1.82) is 0 Å². The first-order chi connectivity index (χ1) is 10.1. The summed E-state index contributed by atoms with van der Waals surface area (Å²) < 4.78 is 0. The number of H-pyrrole nitrogens is 1. The minimum absolute atomic E-state index is 0.289. The predicted molar refractivity (Wildman–Crippen MR) is 75.2 cm³/mol. The summed E-state index contributed by atoms with van der Waals surface area (Å²) in [5, 5.41) is 13.4. The third-order valence-electron chi connectivity index (χ3n) is 2.65. The van der Waals surface area contributed by atoms with E-state index in [1.54, 1.807) is 30.5 Å². The van der Waals surface area contributed by atoms with Crippen molar-refractivity contribution in [3.8, 4) is 0 Å². The summed E-state index contributed by atoms with van der Waals surface area (Å²) in [7, 11) is 0. The van der Waals surface area contributed by atoms with E-state index in [0.717, 1.165) is 0 Å². The molecule has 7 heteroatoms. The van der Waals surface area contributed by atoms with Crippen molar-refractivity contribution >= 4 is 23.5 Å². The summed E-state index contributed by atoms with van der Waals surface area (Å²) in [5.41, 5.74) is 1.27. The first-order valence-electron chi connectivity index (χ1n) is 6.11. The van der Waals surface area contributed by atoms with Crippen LogP contribution in [0, 0.1) is 0 Å². The van der Waals surface area contributed by atoms with Gasteiger partial charge in [0.15, 0.2) is 0 Å². The van der Waals surface area contributed by atoms with Gasteiger partial charge in [-0.25, -0.2) is 0 Å². The molecule has 7 nitrogen and oxygen atoms in total. The molecule has 0 aliphatic carbocycles. The number of carbonyl (C=O) groups excluding carboxylic acids is 2. The molecule has 108 valence electrons. The Kier molecular flexibility index (Phi) is 4.35. The van der Waals surface area contributed by atoms with Gasteiger partial charge >= 0.3 is 5.97 Å². The Hall–Kier alpha value is -3.09. The first-order valence-corrected chi connectivity index (χ1v) is 6.11. The Labute approximate surface area is 120 Å². The molecule has 0 aliphatic heterocycles. The lowest BCUT2D eigenvalue weighted by Gasteiger charge is -2.06. The fourth-order valence-electron chi connectivity index (χ4n) is 1.63. The molecule has 0 spiro atoms. The predicted octanol–water partition coefficient (Wildman–Crippen LogP) is 1.08. The van der Waals surface area contributed by atoms with Gasteiger partial charge in [-0.1, -0.05) is 0 Å². The van der Waals surface area contributed by atoms with Gasteiger partial charge in [-0.3, -0.25) is 14.4 Å². The van der Waals surface area contributed by atoms with Gasteiger partial charge in [-0.15, -0.1) is 0 Å². The molecule has 0 saturated carbocycles. The monoisotopic (exact) mass is 287 g/mol. The highest BCUT2D eigenvalue weighted by molar-refractivity contribution is 6.03. The van der Waals surface area contributed by atoms with E-state index in [1.807, 2.05) is 0 Å². The molecule has 0 bridgehead atoms. The number of amides is 2. The zero-order valence-corrected chi connectivity index (χ0v) is 10.9. The van der Waals surface area contributed by atoms with Crippen molar-refractivity contribution in [3.05, 3.63) is 53.9 Å². The summed E-state index contributed by atoms with van der Waals surface area (Å²) in [4.78, 5) is 36.5.